The molecule has 0 aromatic heterocycles. The summed E-state index contributed by atoms with van der Waals surface area (Å²) in [5.74, 6) is 0. The molecule has 1 aliphatic carbocycles. The number of carbonyl (C=O) groups is 1. The molecule has 0 radical (unpaired) electrons. The Bertz CT molecular complexity index is 225. The van der Waals surface area contributed by atoms with Crippen molar-refractivity contribution in [1.82, 2.24) is 9.80 Å². The highest BCUT2D eigenvalue weighted by atomic mass is 16.4. The van der Waals surface area contributed by atoms with Gasteiger partial charge in [0.25, 0.3) is 0 Å². The molecular formula is C11H22N2O2. The first-order chi connectivity index (χ1) is 6.98. The molecule has 1 fully saturated rings. The Morgan fingerprint density at radius 2 is 1.87 bits per heavy atom. The second kappa shape index (κ2) is 4.84. The van der Waals surface area contributed by atoms with Crippen LogP contribution in [0.3, 0.4) is 0 Å². The summed E-state index contributed by atoms with van der Waals surface area (Å²) in [6, 6.07) is 0. The summed E-state index contributed by atoms with van der Waals surface area (Å²) in [7, 11) is 5.90. The lowest BCUT2D eigenvalue weighted by atomic mass is 10.1. The van der Waals surface area contributed by atoms with Crippen LogP contribution in [0.5, 0.6) is 0 Å². The van der Waals surface area contributed by atoms with Gasteiger partial charge in [-0.1, -0.05) is 0 Å². The van der Waals surface area contributed by atoms with E-state index in [1.807, 2.05) is 0 Å². The van der Waals surface area contributed by atoms with Gasteiger partial charge in [0.05, 0.1) is 0 Å². The molecule has 15 heavy (non-hydrogen) atoms. The maximum Gasteiger partial charge on any atom is 0.407 e. The Morgan fingerprint density at radius 3 is 2.27 bits per heavy atom. The van der Waals surface area contributed by atoms with Gasteiger partial charge in [-0.3, -0.25) is 0 Å². The van der Waals surface area contributed by atoms with Crippen LogP contribution in [0.1, 0.15) is 32.1 Å². The highest BCUT2D eigenvalue weighted by Crippen LogP contribution is 2.44. The van der Waals surface area contributed by atoms with Crippen molar-refractivity contribution >= 4 is 6.09 Å². The molecule has 0 atom stereocenters. The molecule has 1 aliphatic rings. The molecule has 0 unspecified atom stereocenters. The van der Waals surface area contributed by atoms with Crippen LogP contribution < -0.4 is 0 Å². The van der Waals surface area contributed by atoms with Crippen molar-refractivity contribution in [2.75, 3.05) is 27.7 Å². The third-order valence-electron chi connectivity index (χ3n) is 3.49. The fourth-order valence-corrected chi connectivity index (χ4v) is 1.96. The van der Waals surface area contributed by atoms with Gasteiger partial charge in [-0.15, -0.1) is 0 Å². The van der Waals surface area contributed by atoms with Crippen LogP contribution in [0.25, 0.3) is 0 Å². The van der Waals surface area contributed by atoms with E-state index in [9.17, 15) is 4.79 Å². The smallest absolute Gasteiger partial charge is 0.407 e. The summed E-state index contributed by atoms with van der Waals surface area (Å²) in [6.45, 7) is 0.652. The van der Waals surface area contributed by atoms with E-state index in [1.165, 1.54) is 24.2 Å². The second-order valence-electron chi connectivity index (χ2n) is 4.78. The molecule has 0 bridgehead atoms. The summed E-state index contributed by atoms with van der Waals surface area (Å²) in [4.78, 5) is 14.2. The largest absolute Gasteiger partial charge is 0.465 e. The topological polar surface area (TPSA) is 43.8 Å². The molecule has 0 heterocycles. The number of carboxylic acid groups (broad SMARTS) is 1. The SMILES string of the molecule is CN(CCCCC1(N(C)C)CC1)C(=O)O. The first-order valence-corrected chi connectivity index (χ1v) is 5.59. The molecule has 0 aliphatic heterocycles. The van der Waals surface area contributed by atoms with E-state index in [2.05, 4.69) is 19.0 Å². The van der Waals surface area contributed by atoms with Crippen molar-refractivity contribution in [3.8, 4) is 0 Å². The quantitative estimate of drug-likeness (QED) is 0.686. The van der Waals surface area contributed by atoms with Crippen molar-refractivity contribution < 1.29 is 9.90 Å². The number of rotatable bonds is 6. The van der Waals surface area contributed by atoms with Crippen LogP contribution in [-0.4, -0.2) is 54.2 Å². The minimum atomic E-state index is -0.830. The Kier molecular flexibility index (Phi) is 3.97. The lowest BCUT2D eigenvalue weighted by Crippen LogP contribution is -2.30. The van der Waals surface area contributed by atoms with Crippen molar-refractivity contribution in [3.63, 3.8) is 0 Å². The summed E-state index contributed by atoms with van der Waals surface area (Å²) < 4.78 is 0. The molecule has 0 aromatic rings. The first-order valence-electron chi connectivity index (χ1n) is 5.59. The second-order valence-corrected chi connectivity index (χ2v) is 4.78. The van der Waals surface area contributed by atoms with Crippen LogP contribution in [0, 0.1) is 0 Å². The minimum Gasteiger partial charge on any atom is -0.465 e. The van der Waals surface area contributed by atoms with Gasteiger partial charge in [0.2, 0.25) is 0 Å². The Morgan fingerprint density at radius 1 is 1.27 bits per heavy atom. The maximum atomic E-state index is 10.5. The van der Waals surface area contributed by atoms with E-state index >= 15 is 0 Å². The number of unbranched alkanes of at least 4 members (excludes halogenated alkanes) is 1. The van der Waals surface area contributed by atoms with Crippen LogP contribution in [-0.2, 0) is 0 Å². The number of hydrogen-bond acceptors (Lipinski definition) is 2. The molecule has 1 rings (SSSR count). The molecule has 0 aromatic carbocycles. The fourth-order valence-electron chi connectivity index (χ4n) is 1.96. The molecule has 0 saturated heterocycles. The fraction of sp³-hybridized carbons (Fsp3) is 0.909. The Labute approximate surface area is 91.9 Å². The number of nitrogens with zero attached hydrogens (tertiary/aromatic N) is 2. The maximum absolute atomic E-state index is 10.5. The molecule has 1 N–H and O–H groups in total. The van der Waals surface area contributed by atoms with Gasteiger partial charge in [-0.05, 0) is 46.2 Å². The summed E-state index contributed by atoms with van der Waals surface area (Å²) >= 11 is 0. The minimum absolute atomic E-state index is 0.446. The highest BCUT2D eigenvalue weighted by molar-refractivity contribution is 5.64. The zero-order valence-corrected chi connectivity index (χ0v) is 9.99. The van der Waals surface area contributed by atoms with Crippen molar-refractivity contribution in [1.29, 1.82) is 0 Å². The Hall–Kier alpha value is -0.770. The van der Waals surface area contributed by atoms with Gasteiger partial charge < -0.3 is 14.9 Å². The molecule has 4 heteroatoms. The molecule has 1 amide bonds. The van der Waals surface area contributed by atoms with Crippen molar-refractivity contribution in [2.45, 2.75) is 37.6 Å². The van der Waals surface area contributed by atoms with Gasteiger partial charge in [-0.25, -0.2) is 4.79 Å². The van der Waals surface area contributed by atoms with Crippen LogP contribution in [0.15, 0.2) is 0 Å². The van der Waals surface area contributed by atoms with Crippen LogP contribution in [0.2, 0.25) is 0 Å². The molecule has 88 valence electrons. The van der Waals surface area contributed by atoms with E-state index in [4.69, 9.17) is 5.11 Å². The van der Waals surface area contributed by atoms with Crippen LogP contribution >= 0.6 is 0 Å². The monoisotopic (exact) mass is 214 g/mol. The molecule has 1 saturated carbocycles. The van der Waals surface area contributed by atoms with E-state index in [-0.39, 0.29) is 0 Å². The normalized spacial score (nSPS) is 17.9. The zero-order chi connectivity index (χ0) is 11.5. The van der Waals surface area contributed by atoms with Gasteiger partial charge in [0.1, 0.15) is 0 Å². The van der Waals surface area contributed by atoms with E-state index < -0.39 is 6.09 Å². The summed E-state index contributed by atoms with van der Waals surface area (Å²) in [5, 5.41) is 8.66. The van der Waals surface area contributed by atoms with Crippen LogP contribution in [0.4, 0.5) is 4.79 Å². The van der Waals surface area contributed by atoms with Gasteiger partial charge >= 0.3 is 6.09 Å². The molecule has 0 spiro atoms. The van der Waals surface area contributed by atoms with E-state index in [0.717, 1.165) is 12.8 Å². The van der Waals surface area contributed by atoms with E-state index in [1.54, 1.807) is 7.05 Å². The standard InChI is InChI=1S/C11H22N2O2/c1-12(2)11(7-8-11)6-4-5-9-13(3)10(14)15/h4-9H2,1-3H3,(H,14,15). The van der Waals surface area contributed by atoms with Gasteiger partial charge in [0, 0.05) is 19.1 Å². The van der Waals surface area contributed by atoms with Crippen molar-refractivity contribution in [2.24, 2.45) is 0 Å². The molecule has 4 nitrogen and oxygen atoms in total. The van der Waals surface area contributed by atoms with Gasteiger partial charge in [0.15, 0.2) is 0 Å². The highest BCUT2D eigenvalue weighted by Gasteiger charge is 2.43. The van der Waals surface area contributed by atoms with E-state index in [0.29, 0.717) is 12.1 Å². The average molecular weight is 214 g/mol. The predicted molar refractivity (Wildman–Crippen MR) is 60.2 cm³/mol. The number of amides is 1. The van der Waals surface area contributed by atoms with Crippen molar-refractivity contribution in [3.05, 3.63) is 0 Å². The number of hydrogen-bond donors (Lipinski definition) is 1. The average Bonchev–Trinajstić information content (AvgIpc) is 2.92. The lowest BCUT2D eigenvalue weighted by molar-refractivity contribution is 0.154. The zero-order valence-electron chi connectivity index (χ0n) is 9.99. The summed E-state index contributed by atoms with van der Waals surface area (Å²) in [5.41, 5.74) is 0.446. The first kappa shape index (κ1) is 12.3. The summed E-state index contributed by atoms with van der Waals surface area (Å²) in [6.07, 6.45) is 5.06. The predicted octanol–water partition coefficient (Wildman–Crippen LogP) is 1.86. The third kappa shape index (κ3) is 3.38. The molecular weight excluding hydrogens is 192 g/mol. The van der Waals surface area contributed by atoms with Gasteiger partial charge in [-0.2, -0.15) is 0 Å². The lowest BCUT2D eigenvalue weighted by Gasteiger charge is -2.23. The third-order valence-corrected chi connectivity index (χ3v) is 3.49. The Balaban J connectivity index is 2.10.